The highest BCUT2D eigenvalue weighted by Gasteiger charge is 2.29. The van der Waals surface area contributed by atoms with Crippen molar-refractivity contribution in [3.05, 3.63) is 55.1 Å². The van der Waals surface area contributed by atoms with E-state index >= 15 is 0 Å². The highest BCUT2D eigenvalue weighted by atomic mass is 16.5. The molecule has 12 heteroatoms. The van der Waals surface area contributed by atoms with Gasteiger partial charge in [0.15, 0.2) is 5.96 Å². The largest absolute Gasteiger partial charge is 0.490 e. The normalized spacial score (nSPS) is 12.6. The first-order valence-electron chi connectivity index (χ1n) is 12.1. The van der Waals surface area contributed by atoms with Crippen LogP contribution in [0.5, 0.6) is 5.75 Å². The molecule has 1 aromatic rings. The smallest absolute Gasteiger partial charge is 0.328 e. The van der Waals surface area contributed by atoms with Crippen LogP contribution in [0.15, 0.2) is 49.6 Å². The Hall–Kier alpha value is -4.35. The third-order valence-electron chi connectivity index (χ3n) is 5.25. The van der Waals surface area contributed by atoms with E-state index in [1.165, 1.54) is 20.1 Å². The summed E-state index contributed by atoms with van der Waals surface area (Å²) in [6.45, 7) is 9.12. The van der Waals surface area contributed by atoms with Gasteiger partial charge in [-0.1, -0.05) is 30.9 Å². The number of carbonyl (C=O) groups excluding carboxylic acids is 4. The maximum absolute atomic E-state index is 13.2. The minimum absolute atomic E-state index is 0.131. The summed E-state index contributed by atoms with van der Waals surface area (Å²) < 4.78 is 10.2. The van der Waals surface area contributed by atoms with Gasteiger partial charge in [0, 0.05) is 19.9 Å². The average molecular weight is 531 g/mol. The number of rotatable bonds is 17. The lowest BCUT2D eigenvalue weighted by atomic mass is 10.0. The van der Waals surface area contributed by atoms with Gasteiger partial charge in [0.05, 0.1) is 7.11 Å². The molecule has 1 aromatic carbocycles. The standard InChI is InChI=1S/C26H38N6O6/c1-5-8-21(25(36)37-4)32-23(34)20(9-7-14-29-26(27)28)31-24(35)22(30-17(3)33)16-18-10-12-19(13-11-18)38-15-6-2/h5-6,10-13,20-22H,1-2,7-9,14-16H2,3-4H3,(H,30,33)(H,31,35)(H,32,34)(H4,27,28,29)/t20-,21+,22-/m0/s1. The highest BCUT2D eigenvalue weighted by molar-refractivity contribution is 5.93. The van der Waals surface area contributed by atoms with Gasteiger partial charge >= 0.3 is 5.97 Å². The zero-order valence-electron chi connectivity index (χ0n) is 21.9. The summed E-state index contributed by atoms with van der Waals surface area (Å²) in [5, 5.41) is 17.8. The number of ether oxygens (including phenoxy) is 2. The molecule has 0 fully saturated rings. The van der Waals surface area contributed by atoms with Crippen molar-refractivity contribution in [1.29, 1.82) is 5.41 Å². The third kappa shape index (κ3) is 12.1. The SMILES string of the molecule is C=CCOc1ccc(C[C@H](NC(C)=O)C(=O)N[C@@H](CCCNC(=N)N)C(=O)N[C@H](CC=C)C(=O)OC)cc1. The van der Waals surface area contributed by atoms with Crippen LogP contribution < -0.4 is 31.7 Å². The first-order chi connectivity index (χ1) is 18.1. The maximum atomic E-state index is 13.2. The Balaban J connectivity index is 3.04. The second kappa shape index (κ2) is 17.2. The van der Waals surface area contributed by atoms with Crippen LogP contribution in [0.2, 0.25) is 0 Å². The Bertz CT molecular complexity index is 981. The zero-order chi connectivity index (χ0) is 28.5. The molecule has 1 rings (SSSR count). The van der Waals surface area contributed by atoms with E-state index in [0.717, 1.165) is 5.56 Å². The minimum atomic E-state index is -1.04. The van der Waals surface area contributed by atoms with E-state index in [4.69, 9.17) is 20.6 Å². The molecule has 208 valence electrons. The van der Waals surface area contributed by atoms with Gasteiger partial charge in [-0.25, -0.2) is 4.79 Å². The summed E-state index contributed by atoms with van der Waals surface area (Å²) in [5.41, 5.74) is 6.06. The molecule has 0 spiro atoms. The second-order valence-corrected chi connectivity index (χ2v) is 8.35. The summed E-state index contributed by atoms with van der Waals surface area (Å²) >= 11 is 0. The lowest BCUT2D eigenvalue weighted by molar-refractivity contribution is -0.145. The summed E-state index contributed by atoms with van der Waals surface area (Å²) in [5.74, 6) is -1.85. The van der Waals surface area contributed by atoms with Gasteiger partial charge < -0.3 is 36.5 Å². The van der Waals surface area contributed by atoms with Crippen LogP contribution in [0.1, 0.15) is 31.7 Å². The third-order valence-corrected chi connectivity index (χ3v) is 5.25. The lowest BCUT2D eigenvalue weighted by Gasteiger charge is -2.24. The van der Waals surface area contributed by atoms with Crippen molar-refractivity contribution in [2.45, 2.75) is 50.7 Å². The first-order valence-corrected chi connectivity index (χ1v) is 12.1. The molecular formula is C26H38N6O6. The number of benzene rings is 1. The zero-order valence-corrected chi connectivity index (χ0v) is 21.9. The van der Waals surface area contributed by atoms with Crippen molar-refractivity contribution >= 4 is 29.7 Å². The van der Waals surface area contributed by atoms with Crippen molar-refractivity contribution in [1.82, 2.24) is 21.3 Å². The van der Waals surface area contributed by atoms with Crippen molar-refractivity contribution in [2.75, 3.05) is 20.3 Å². The van der Waals surface area contributed by atoms with Gasteiger partial charge in [-0.15, -0.1) is 6.58 Å². The molecule has 12 nitrogen and oxygen atoms in total. The molecule has 0 aliphatic heterocycles. The number of guanidine groups is 1. The fourth-order valence-electron chi connectivity index (χ4n) is 3.43. The van der Waals surface area contributed by atoms with E-state index in [1.807, 2.05) is 0 Å². The van der Waals surface area contributed by atoms with Crippen LogP contribution in [0, 0.1) is 5.41 Å². The summed E-state index contributed by atoms with van der Waals surface area (Å²) in [4.78, 5) is 50.2. The predicted octanol–water partition coefficient (Wildman–Crippen LogP) is 0.281. The Morgan fingerprint density at radius 1 is 1.00 bits per heavy atom. The Morgan fingerprint density at radius 2 is 1.63 bits per heavy atom. The van der Waals surface area contributed by atoms with E-state index < -0.39 is 41.8 Å². The van der Waals surface area contributed by atoms with Crippen LogP contribution in [-0.4, -0.2) is 68.0 Å². The molecule has 3 atom stereocenters. The number of carbonyl (C=O) groups is 4. The van der Waals surface area contributed by atoms with Gasteiger partial charge in [-0.05, 0) is 37.0 Å². The van der Waals surface area contributed by atoms with Gasteiger partial charge in [-0.3, -0.25) is 19.8 Å². The molecule has 0 aliphatic carbocycles. The van der Waals surface area contributed by atoms with E-state index in [0.29, 0.717) is 18.8 Å². The molecule has 0 unspecified atom stereocenters. The van der Waals surface area contributed by atoms with E-state index in [2.05, 4.69) is 34.4 Å². The molecule has 0 radical (unpaired) electrons. The number of amides is 3. The van der Waals surface area contributed by atoms with Crippen molar-refractivity contribution in [2.24, 2.45) is 5.73 Å². The van der Waals surface area contributed by atoms with Gasteiger partial charge in [0.25, 0.3) is 0 Å². The van der Waals surface area contributed by atoms with Crippen LogP contribution in [0.25, 0.3) is 0 Å². The molecule has 0 bridgehead atoms. The van der Waals surface area contributed by atoms with E-state index in [-0.39, 0.29) is 31.8 Å². The Labute approximate surface area is 222 Å². The van der Waals surface area contributed by atoms with Gasteiger partial charge in [-0.2, -0.15) is 0 Å². The topological polar surface area (TPSA) is 185 Å². The highest BCUT2D eigenvalue weighted by Crippen LogP contribution is 2.14. The lowest BCUT2D eigenvalue weighted by Crippen LogP contribution is -2.56. The van der Waals surface area contributed by atoms with Crippen LogP contribution in [0.4, 0.5) is 0 Å². The van der Waals surface area contributed by atoms with Crippen molar-refractivity contribution in [3.8, 4) is 5.75 Å². The molecule has 7 N–H and O–H groups in total. The number of nitrogens with two attached hydrogens (primary N) is 1. The summed E-state index contributed by atoms with van der Waals surface area (Å²) in [6.07, 6.45) is 3.92. The average Bonchev–Trinajstić information content (AvgIpc) is 2.88. The molecule has 0 aliphatic rings. The first kappa shape index (κ1) is 31.7. The molecule has 3 amide bonds. The van der Waals surface area contributed by atoms with E-state index in [9.17, 15) is 19.2 Å². The van der Waals surface area contributed by atoms with Crippen LogP contribution in [-0.2, 0) is 30.3 Å². The maximum Gasteiger partial charge on any atom is 0.328 e. The second-order valence-electron chi connectivity index (χ2n) is 8.35. The summed E-state index contributed by atoms with van der Waals surface area (Å²) in [7, 11) is 1.20. The molecule has 0 aromatic heterocycles. The monoisotopic (exact) mass is 530 g/mol. The number of methoxy groups -OCH3 is 1. The molecule has 0 saturated heterocycles. The number of nitrogens with one attached hydrogen (secondary N) is 5. The fourth-order valence-corrected chi connectivity index (χ4v) is 3.43. The van der Waals surface area contributed by atoms with Crippen LogP contribution in [0.3, 0.4) is 0 Å². The minimum Gasteiger partial charge on any atom is -0.490 e. The number of esters is 1. The Kier molecular flexibility index (Phi) is 14.3. The van der Waals surface area contributed by atoms with Crippen molar-refractivity contribution < 1.29 is 28.7 Å². The quantitative estimate of drug-likeness (QED) is 0.0545. The van der Waals surface area contributed by atoms with E-state index in [1.54, 1.807) is 30.3 Å². The fraction of sp³-hybridized carbons (Fsp3) is 0.423. The summed E-state index contributed by atoms with van der Waals surface area (Å²) in [6, 6.07) is 4.04. The van der Waals surface area contributed by atoms with Gasteiger partial charge in [0.1, 0.15) is 30.5 Å². The predicted molar refractivity (Wildman–Crippen MR) is 143 cm³/mol. The van der Waals surface area contributed by atoms with Gasteiger partial charge in [0.2, 0.25) is 17.7 Å². The molecular weight excluding hydrogens is 492 g/mol. The number of hydrogen-bond acceptors (Lipinski definition) is 7. The van der Waals surface area contributed by atoms with Crippen molar-refractivity contribution in [3.63, 3.8) is 0 Å². The molecule has 38 heavy (non-hydrogen) atoms. The molecule has 0 heterocycles. The number of hydrogen-bond donors (Lipinski definition) is 6. The Morgan fingerprint density at radius 3 is 2.18 bits per heavy atom. The molecule has 0 saturated carbocycles. The van der Waals surface area contributed by atoms with Crippen LogP contribution >= 0.6 is 0 Å².